The molecule has 1 aliphatic rings. The summed E-state index contributed by atoms with van der Waals surface area (Å²) in [6.45, 7) is 0.510. The second kappa shape index (κ2) is 8.08. The van der Waals surface area contributed by atoms with Crippen molar-refractivity contribution in [3.63, 3.8) is 0 Å². The summed E-state index contributed by atoms with van der Waals surface area (Å²) in [5.41, 5.74) is 0.905. The van der Waals surface area contributed by atoms with Gasteiger partial charge in [0.25, 0.3) is 0 Å². The summed E-state index contributed by atoms with van der Waals surface area (Å²) in [4.78, 5) is 20.2. The minimum absolute atomic E-state index is 0.144. The van der Waals surface area contributed by atoms with Crippen molar-refractivity contribution < 1.29 is 19.0 Å². The van der Waals surface area contributed by atoms with Gasteiger partial charge in [0.1, 0.15) is 18.8 Å². The molecule has 4 rings (SSSR count). The zero-order valence-corrected chi connectivity index (χ0v) is 15.5. The Kier molecular flexibility index (Phi) is 5.19. The van der Waals surface area contributed by atoms with Gasteiger partial charge in [-0.25, -0.2) is 14.6 Å². The van der Waals surface area contributed by atoms with E-state index in [2.05, 4.69) is 30.8 Å². The molecule has 28 heavy (non-hydrogen) atoms. The third-order valence-electron chi connectivity index (χ3n) is 3.65. The fourth-order valence-corrected chi connectivity index (χ4v) is 2.98. The molecule has 0 aliphatic carbocycles. The second-order valence-electron chi connectivity index (χ2n) is 5.64. The fraction of sp³-hybridized carbons (Fsp3) is 0.250. The van der Waals surface area contributed by atoms with Crippen molar-refractivity contribution in [3.8, 4) is 17.4 Å². The van der Waals surface area contributed by atoms with Crippen LogP contribution in [0.15, 0.2) is 35.7 Å². The summed E-state index contributed by atoms with van der Waals surface area (Å²) < 4.78 is 17.8. The molecule has 0 bridgehead atoms. The van der Waals surface area contributed by atoms with Crippen molar-refractivity contribution in [3.05, 3.63) is 36.2 Å². The molecule has 1 aliphatic heterocycles. The number of amides is 1. The van der Waals surface area contributed by atoms with Gasteiger partial charge in [0.15, 0.2) is 11.5 Å². The van der Waals surface area contributed by atoms with Crippen LogP contribution in [0, 0.1) is 0 Å². The van der Waals surface area contributed by atoms with E-state index in [0.717, 1.165) is 5.56 Å². The standard InChI is InChI=1S/C16H15N7O4S/c1-23-16(20-21-22-23)28-7-14(24)19-13-5-15(18-8-17-13)25-6-10-2-3-11-12(4-10)27-9-26-11/h2-5,8H,6-7,9H2,1H3,(H,17,18,19,24). The summed E-state index contributed by atoms with van der Waals surface area (Å²) >= 11 is 1.22. The quantitative estimate of drug-likeness (QED) is 0.574. The Morgan fingerprint density at radius 3 is 3.04 bits per heavy atom. The Morgan fingerprint density at radius 2 is 2.18 bits per heavy atom. The van der Waals surface area contributed by atoms with Gasteiger partial charge in [-0.3, -0.25) is 4.79 Å². The zero-order chi connectivity index (χ0) is 19.3. The van der Waals surface area contributed by atoms with Crippen molar-refractivity contribution >= 4 is 23.5 Å². The van der Waals surface area contributed by atoms with Crippen LogP contribution in [0.3, 0.4) is 0 Å². The molecule has 12 heteroatoms. The Balaban J connectivity index is 1.31. The van der Waals surface area contributed by atoms with Crippen molar-refractivity contribution in [1.29, 1.82) is 0 Å². The lowest BCUT2D eigenvalue weighted by atomic mass is 10.2. The monoisotopic (exact) mass is 401 g/mol. The number of carbonyl (C=O) groups excluding carboxylic acids is 1. The summed E-state index contributed by atoms with van der Waals surface area (Å²) in [5.74, 6) is 1.99. The number of ether oxygens (including phenoxy) is 3. The number of tetrazole rings is 1. The van der Waals surface area contributed by atoms with Gasteiger partial charge in [-0.1, -0.05) is 17.8 Å². The SMILES string of the molecule is Cn1nnnc1SCC(=O)Nc1cc(OCc2ccc3c(c2)OCO3)ncn1. The van der Waals surface area contributed by atoms with E-state index in [1.54, 1.807) is 13.1 Å². The first kappa shape index (κ1) is 18.0. The van der Waals surface area contributed by atoms with Crippen LogP contribution in [-0.2, 0) is 18.4 Å². The zero-order valence-electron chi connectivity index (χ0n) is 14.7. The molecule has 1 aromatic carbocycles. The third-order valence-corrected chi connectivity index (χ3v) is 4.66. The molecule has 144 valence electrons. The number of rotatable bonds is 7. The van der Waals surface area contributed by atoms with E-state index in [1.165, 1.54) is 22.8 Å². The van der Waals surface area contributed by atoms with E-state index in [1.807, 2.05) is 18.2 Å². The van der Waals surface area contributed by atoms with E-state index in [9.17, 15) is 4.79 Å². The number of nitrogens with one attached hydrogen (secondary N) is 1. The summed E-state index contributed by atoms with van der Waals surface area (Å²) in [6, 6.07) is 7.12. The largest absolute Gasteiger partial charge is 0.473 e. The van der Waals surface area contributed by atoms with Crippen LogP contribution in [0.25, 0.3) is 0 Å². The van der Waals surface area contributed by atoms with Crippen LogP contribution in [0.2, 0.25) is 0 Å². The highest BCUT2D eigenvalue weighted by atomic mass is 32.2. The van der Waals surface area contributed by atoms with Gasteiger partial charge in [-0.05, 0) is 28.1 Å². The van der Waals surface area contributed by atoms with Crippen molar-refractivity contribution in [1.82, 2.24) is 30.2 Å². The highest BCUT2D eigenvalue weighted by molar-refractivity contribution is 7.99. The highest BCUT2D eigenvalue weighted by Gasteiger charge is 2.14. The molecule has 1 amide bonds. The van der Waals surface area contributed by atoms with Crippen LogP contribution in [0.5, 0.6) is 17.4 Å². The van der Waals surface area contributed by atoms with Gasteiger partial charge >= 0.3 is 0 Å². The number of benzene rings is 1. The number of carbonyl (C=O) groups is 1. The van der Waals surface area contributed by atoms with E-state index in [-0.39, 0.29) is 25.1 Å². The molecule has 3 heterocycles. The highest BCUT2D eigenvalue weighted by Crippen LogP contribution is 2.32. The van der Waals surface area contributed by atoms with Gasteiger partial charge in [0, 0.05) is 13.1 Å². The predicted octanol–water partition coefficient (Wildman–Crippen LogP) is 1.04. The van der Waals surface area contributed by atoms with E-state index < -0.39 is 0 Å². The predicted molar refractivity (Wildman–Crippen MR) is 97.1 cm³/mol. The first-order valence-corrected chi connectivity index (χ1v) is 9.14. The number of anilines is 1. The topological polar surface area (TPSA) is 126 Å². The first-order valence-electron chi connectivity index (χ1n) is 8.16. The molecule has 0 unspecified atom stereocenters. The van der Waals surface area contributed by atoms with E-state index >= 15 is 0 Å². The van der Waals surface area contributed by atoms with Crippen LogP contribution in [0.4, 0.5) is 5.82 Å². The summed E-state index contributed by atoms with van der Waals surface area (Å²) in [7, 11) is 1.70. The minimum Gasteiger partial charge on any atom is -0.473 e. The molecule has 0 radical (unpaired) electrons. The summed E-state index contributed by atoms with van der Waals surface area (Å²) in [6.07, 6.45) is 1.32. The number of aromatic nitrogens is 6. The van der Waals surface area contributed by atoms with Crippen LogP contribution < -0.4 is 19.5 Å². The maximum atomic E-state index is 12.1. The molecule has 0 spiro atoms. The molecular formula is C16H15N7O4S. The number of nitrogens with zero attached hydrogens (tertiary/aromatic N) is 6. The number of fused-ring (bicyclic) bond motifs is 1. The Bertz CT molecular complexity index is 997. The number of aryl methyl sites for hydroxylation is 1. The van der Waals surface area contributed by atoms with E-state index in [4.69, 9.17) is 14.2 Å². The molecule has 1 N–H and O–H groups in total. The summed E-state index contributed by atoms with van der Waals surface area (Å²) in [5, 5.41) is 14.3. The molecule has 0 atom stereocenters. The van der Waals surface area contributed by atoms with Crippen LogP contribution in [-0.4, -0.2) is 48.6 Å². The Morgan fingerprint density at radius 1 is 1.29 bits per heavy atom. The smallest absolute Gasteiger partial charge is 0.236 e. The average molecular weight is 401 g/mol. The van der Waals surface area contributed by atoms with Crippen molar-refractivity contribution in [2.75, 3.05) is 17.9 Å². The second-order valence-corrected chi connectivity index (χ2v) is 6.58. The van der Waals surface area contributed by atoms with Crippen molar-refractivity contribution in [2.45, 2.75) is 11.8 Å². The molecule has 3 aromatic rings. The first-order chi connectivity index (χ1) is 13.7. The van der Waals surface area contributed by atoms with Gasteiger partial charge in [0.05, 0.1) is 5.75 Å². The molecule has 0 fully saturated rings. The normalized spacial score (nSPS) is 12.0. The number of hydrogen-bond donors (Lipinski definition) is 1. The lowest BCUT2D eigenvalue weighted by Gasteiger charge is -2.08. The lowest BCUT2D eigenvalue weighted by Crippen LogP contribution is -2.15. The molecule has 2 aromatic heterocycles. The maximum Gasteiger partial charge on any atom is 0.236 e. The Labute approximate surface area is 163 Å². The van der Waals surface area contributed by atoms with E-state index in [0.29, 0.717) is 28.4 Å². The number of thioether (sulfide) groups is 1. The van der Waals surface area contributed by atoms with Gasteiger partial charge < -0.3 is 19.5 Å². The van der Waals surface area contributed by atoms with Crippen molar-refractivity contribution in [2.24, 2.45) is 7.05 Å². The molecule has 0 saturated heterocycles. The fourth-order valence-electron chi connectivity index (χ4n) is 2.33. The third kappa shape index (κ3) is 4.28. The number of hydrogen-bond acceptors (Lipinski definition) is 10. The molecular weight excluding hydrogens is 386 g/mol. The molecule has 0 saturated carbocycles. The molecule has 11 nitrogen and oxygen atoms in total. The van der Waals surface area contributed by atoms with Gasteiger partial charge in [0.2, 0.25) is 23.7 Å². The lowest BCUT2D eigenvalue weighted by molar-refractivity contribution is -0.113. The Hall–Kier alpha value is -3.41. The van der Waals surface area contributed by atoms with Crippen LogP contribution in [0.1, 0.15) is 5.56 Å². The van der Waals surface area contributed by atoms with Gasteiger partial charge in [-0.15, -0.1) is 5.10 Å². The van der Waals surface area contributed by atoms with Crippen LogP contribution >= 0.6 is 11.8 Å². The average Bonchev–Trinajstić information content (AvgIpc) is 3.33. The maximum absolute atomic E-state index is 12.1. The van der Waals surface area contributed by atoms with Gasteiger partial charge in [-0.2, -0.15) is 0 Å². The minimum atomic E-state index is -0.242.